The highest BCUT2D eigenvalue weighted by Gasteiger charge is 2.18. The molecule has 0 unspecified atom stereocenters. The van der Waals surface area contributed by atoms with Crippen molar-refractivity contribution in [1.82, 2.24) is 5.32 Å². The average molecular weight is 330 g/mol. The van der Waals surface area contributed by atoms with Crippen LogP contribution in [0, 0.1) is 0 Å². The maximum atomic E-state index is 12.1. The molecule has 0 saturated carbocycles. The Bertz CT molecular complexity index is 570. The van der Waals surface area contributed by atoms with Gasteiger partial charge in [-0.1, -0.05) is 11.6 Å². The van der Waals surface area contributed by atoms with Crippen LogP contribution in [0.1, 0.15) is 24.2 Å². The minimum Gasteiger partial charge on any atom is -0.493 e. The van der Waals surface area contributed by atoms with Crippen LogP contribution in [0.5, 0.6) is 11.5 Å². The Morgan fingerprint density at radius 2 is 2.00 bits per heavy atom. The Hall–Kier alpha value is -1.99. The summed E-state index contributed by atoms with van der Waals surface area (Å²) in [6, 6.07) is 2.88. The Morgan fingerprint density at radius 3 is 2.50 bits per heavy atom. The number of nitrogens with two attached hydrogens (primary N) is 2. The monoisotopic (exact) mass is 329 g/mol. The molecular formula is C14H20ClN3O4. The van der Waals surface area contributed by atoms with Crippen LogP contribution >= 0.6 is 11.6 Å². The molecule has 0 aromatic heterocycles. The minimum absolute atomic E-state index is 0.137. The third kappa shape index (κ3) is 5.42. The zero-order valence-corrected chi connectivity index (χ0v) is 13.5. The standard InChI is InChI=1S/C14H20ClN3O4/c1-14(2,17)7-18-13(20)8-4-9(15)12(10(5-8)21-3)22-6-11(16)19/h4-5H,6-7,17H2,1-3H3,(H2,16,19)(H,18,20). The molecule has 0 aliphatic carbocycles. The molecule has 1 rings (SSSR count). The van der Waals surface area contributed by atoms with Crippen LogP contribution in [0.2, 0.25) is 5.02 Å². The van der Waals surface area contributed by atoms with Crippen LogP contribution in [0.4, 0.5) is 0 Å². The van der Waals surface area contributed by atoms with Crippen molar-refractivity contribution in [2.75, 3.05) is 20.3 Å². The van der Waals surface area contributed by atoms with Gasteiger partial charge in [0.2, 0.25) is 0 Å². The largest absolute Gasteiger partial charge is 0.493 e. The average Bonchev–Trinajstić information content (AvgIpc) is 2.41. The fraction of sp³-hybridized carbons (Fsp3) is 0.429. The van der Waals surface area contributed by atoms with E-state index >= 15 is 0 Å². The van der Waals surface area contributed by atoms with Gasteiger partial charge in [0.1, 0.15) is 0 Å². The van der Waals surface area contributed by atoms with Gasteiger partial charge < -0.3 is 26.3 Å². The molecule has 0 saturated heterocycles. The van der Waals surface area contributed by atoms with Gasteiger partial charge >= 0.3 is 0 Å². The second kappa shape index (κ2) is 7.33. The number of benzene rings is 1. The van der Waals surface area contributed by atoms with Crippen molar-refractivity contribution in [3.63, 3.8) is 0 Å². The van der Waals surface area contributed by atoms with Crippen LogP contribution < -0.4 is 26.3 Å². The number of amides is 2. The molecule has 8 heteroatoms. The van der Waals surface area contributed by atoms with Crippen LogP contribution in [-0.4, -0.2) is 37.6 Å². The van der Waals surface area contributed by atoms with E-state index in [1.165, 1.54) is 19.2 Å². The number of hydrogen-bond donors (Lipinski definition) is 3. The molecule has 22 heavy (non-hydrogen) atoms. The van der Waals surface area contributed by atoms with E-state index in [2.05, 4.69) is 5.32 Å². The second-order valence-corrected chi connectivity index (χ2v) is 5.82. The van der Waals surface area contributed by atoms with Gasteiger partial charge in [-0.2, -0.15) is 0 Å². The van der Waals surface area contributed by atoms with Gasteiger partial charge in [-0.3, -0.25) is 9.59 Å². The summed E-state index contributed by atoms with van der Waals surface area (Å²) < 4.78 is 10.3. The maximum absolute atomic E-state index is 12.1. The minimum atomic E-state index is -0.648. The van der Waals surface area contributed by atoms with Gasteiger partial charge in [0.15, 0.2) is 18.1 Å². The van der Waals surface area contributed by atoms with Gasteiger partial charge in [-0.05, 0) is 26.0 Å². The molecule has 0 spiro atoms. The molecule has 0 fully saturated rings. The first-order valence-corrected chi connectivity index (χ1v) is 6.87. The number of hydrogen-bond acceptors (Lipinski definition) is 5. The van der Waals surface area contributed by atoms with Crippen LogP contribution in [0.15, 0.2) is 12.1 Å². The topological polar surface area (TPSA) is 117 Å². The van der Waals surface area contributed by atoms with Gasteiger partial charge in [-0.15, -0.1) is 0 Å². The number of carbonyl (C=O) groups excluding carboxylic acids is 2. The summed E-state index contributed by atoms with van der Waals surface area (Å²) in [7, 11) is 1.40. The van der Waals surface area contributed by atoms with Gasteiger partial charge in [0, 0.05) is 17.6 Å². The lowest BCUT2D eigenvalue weighted by Crippen LogP contribution is -2.45. The maximum Gasteiger partial charge on any atom is 0.255 e. The molecule has 1 aromatic rings. The number of halogens is 1. The van der Waals surface area contributed by atoms with Crippen molar-refractivity contribution < 1.29 is 19.1 Å². The number of ether oxygens (including phenoxy) is 2. The van der Waals surface area contributed by atoms with Gasteiger partial charge in [-0.25, -0.2) is 0 Å². The fourth-order valence-corrected chi connectivity index (χ4v) is 1.81. The van der Waals surface area contributed by atoms with Crippen LogP contribution in [-0.2, 0) is 4.79 Å². The number of nitrogens with one attached hydrogen (secondary N) is 1. The summed E-state index contributed by atoms with van der Waals surface area (Å²) >= 11 is 6.07. The van der Waals surface area contributed by atoms with E-state index in [-0.39, 0.29) is 34.6 Å². The predicted octanol–water partition coefficient (Wildman–Crippen LogP) is 0.680. The zero-order chi connectivity index (χ0) is 16.9. The van der Waals surface area contributed by atoms with Crippen LogP contribution in [0.25, 0.3) is 0 Å². The van der Waals surface area contributed by atoms with Crippen LogP contribution in [0.3, 0.4) is 0 Å². The summed E-state index contributed by atoms with van der Waals surface area (Å²) in [4.78, 5) is 22.9. The van der Waals surface area contributed by atoms with Crippen molar-refractivity contribution >= 4 is 23.4 Å². The molecule has 122 valence electrons. The third-order valence-corrected chi connectivity index (χ3v) is 2.84. The molecule has 5 N–H and O–H groups in total. The molecule has 0 atom stereocenters. The normalized spacial score (nSPS) is 11.0. The van der Waals surface area contributed by atoms with E-state index < -0.39 is 11.4 Å². The Labute approximate surface area is 133 Å². The molecular weight excluding hydrogens is 310 g/mol. The Morgan fingerprint density at radius 1 is 1.36 bits per heavy atom. The summed E-state index contributed by atoms with van der Waals surface area (Å²) in [5.41, 5.74) is 10.6. The lowest BCUT2D eigenvalue weighted by molar-refractivity contribution is -0.119. The predicted molar refractivity (Wildman–Crippen MR) is 83.3 cm³/mol. The van der Waals surface area contributed by atoms with Crippen molar-refractivity contribution in [1.29, 1.82) is 0 Å². The molecule has 2 amide bonds. The Balaban J connectivity index is 2.97. The highest BCUT2D eigenvalue weighted by Crippen LogP contribution is 2.36. The van der Waals surface area contributed by atoms with Gasteiger partial charge in [0.25, 0.3) is 11.8 Å². The summed E-state index contributed by atoms with van der Waals surface area (Å²) in [5, 5.41) is 2.83. The van der Waals surface area contributed by atoms with E-state index in [4.69, 9.17) is 32.5 Å². The molecule has 7 nitrogen and oxygen atoms in total. The highest BCUT2D eigenvalue weighted by molar-refractivity contribution is 6.32. The number of rotatable bonds is 7. The Kier molecular flexibility index (Phi) is 6.01. The first kappa shape index (κ1) is 18.1. The quantitative estimate of drug-likeness (QED) is 0.680. The molecule has 0 bridgehead atoms. The second-order valence-electron chi connectivity index (χ2n) is 5.42. The van der Waals surface area contributed by atoms with E-state index in [9.17, 15) is 9.59 Å². The van der Waals surface area contributed by atoms with E-state index in [0.717, 1.165) is 0 Å². The van der Waals surface area contributed by atoms with Crippen molar-refractivity contribution in [3.8, 4) is 11.5 Å². The fourth-order valence-electron chi connectivity index (χ4n) is 1.54. The van der Waals surface area contributed by atoms with E-state index in [1.807, 2.05) is 0 Å². The van der Waals surface area contributed by atoms with Crippen molar-refractivity contribution in [2.24, 2.45) is 11.5 Å². The molecule has 0 heterocycles. The number of methoxy groups -OCH3 is 1. The van der Waals surface area contributed by atoms with E-state index in [1.54, 1.807) is 13.8 Å². The molecule has 1 aromatic carbocycles. The van der Waals surface area contributed by atoms with Crippen molar-refractivity contribution in [3.05, 3.63) is 22.7 Å². The number of primary amides is 1. The zero-order valence-electron chi connectivity index (χ0n) is 12.7. The summed E-state index contributed by atoms with van der Waals surface area (Å²) in [5.74, 6) is -0.616. The first-order chi connectivity index (χ1) is 10.1. The molecule has 0 aliphatic heterocycles. The SMILES string of the molecule is COc1cc(C(=O)NCC(C)(C)N)cc(Cl)c1OCC(N)=O. The summed E-state index contributed by atoms with van der Waals surface area (Å²) in [6.45, 7) is 3.54. The highest BCUT2D eigenvalue weighted by atomic mass is 35.5. The van der Waals surface area contributed by atoms with E-state index in [0.29, 0.717) is 6.54 Å². The number of carbonyl (C=O) groups is 2. The molecule has 0 aliphatic rings. The smallest absolute Gasteiger partial charge is 0.255 e. The lowest BCUT2D eigenvalue weighted by atomic mass is 10.1. The molecule has 0 radical (unpaired) electrons. The summed E-state index contributed by atoms with van der Waals surface area (Å²) in [6.07, 6.45) is 0. The lowest BCUT2D eigenvalue weighted by Gasteiger charge is -2.19. The first-order valence-electron chi connectivity index (χ1n) is 6.50. The van der Waals surface area contributed by atoms with Gasteiger partial charge in [0.05, 0.1) is 12.1 Å². The third-order valence-electron chi connectivity index (χ3n) is 2.55. The van der Waals surface area contributed by atoms with Crippen molar-refractivity contribution in [2.45, 2.75) is 19.4 Å².